The van der Waals surface area contributed by atoms with E-state index in [-0.39, 0.29) is 16.7 Å². The van der Waals surface area contributed by atoms with E-state index in [1.807, 2.05) is 44.2 Å². The fraction of sp³-hybridized carbons (Fsp3) is 0.174. The number of benzene rings is 3. The molecule has 0 radical (unpaired) electrons. The number of carbonyl (C=O) groups is 1. The Morgan fingerprint density at radius 1 is 0.862 bits per heavy atom. The summed E-state index contributed by atoms with van der Waals surface area (Å²) in [6.45, 7) is 3.87. The van der Waals surface area contributed by atoms with Gasteiger partial charge >= 0.3 is 0 Å². The third-order valence-electron chi connectivity index (χ3n) is 4.66. The number of carbonyl (C=O) groups excluding carboxylic acids is 1. The largest absolute Gasteiger partial charge is 0.326 e. The zero-order chi connectivity index (χ0) is 20.9. The fourth-order valence-corrected chi connectivity index (χ4v) is 4.10. The molecule has 3 rings (SSSR count). The highest BCUT2D eigenvalue weighted by Crippen LogP contribution is 2.23. The minimum absolute atomic E-state index is 0.0910. The molecule has 5 nitrogen and oxygen atoms in total. The molecule has 2 N–H and O–H groups in total. The highest BCUT2D eigenvalue weighted by molar-refractivity contribution is 7.92. The van der Waals surface area contributed by atoms with E-state index in [9.17, 15) is 13.2 Å². The Hall–Kier alpha value is -3.12. The Morgan fingerprint density at radius 3 is 2.03 bits per heavy atom. The molecule has 0 aromatic heterocycles. The zero-order valence-electron chi connectivity index (χ0n) is 16.4. The molecule has 0 saturated heterocycles. The van der Waals surface area contributed by atoms with Crippen molar-refractivity contribution in [2.24, 2.45) is 0 Å². The van der Waals surface area contributed by atoms with Crippen LogP contribution in [0.25, 0.3) is 0 Å². The Balaban J connectivity index is 1.68. The fourth-order valence-electron chi connectivity index (χ4n) is 3.04. The first-order chi connectivity index (χ1) is 13.9. The van der Waals surface area contributed by atoms with Crippen LogP contribution in [-0.2, 0) is 14.8 Å². The average Bonchev–Trinajstić information content (AvgIpc) is 2.71. The van der Waals surface area contributed by atoms with E-state index < -0.39 is 10.0 Å². The van der Waals surface area contributed by atoms with Gasteiger partial charge in [0.25, 0.3) is 10.0 Å². The maximum atomic E-state index is 12.6. The number of amides is 1. The van der Waals surface area contributed by atoms with Crippen molar-refractivity contribution in [3.05, 3.63) is 90.0 Å². The minimum atomic E-state index is -3.66. The molecule has 0 saturated carbocycles. The van der Waals surface area contributed by atoms with Gasteiger partial charge in [0, 0.05) is 11.4 Å². The van der Waals surface area contributed by atoms with E-state index in [0.717, 1.165) is 11.1 Å². The standard InChI is InChI=1S/C23H24N2O3S/c1-3-22(18-7-5-4-6-8-18)23(26)24-19-11-13-20(14-12-19)25-29(27,28)21-15-9-17(2)10-16-21/h4-16,22,25H,3H2,1-2H3,(H,24,26)/t22-/m1/s1. The summed E-state index contributed by atoms with van der Waals surface area (Å²) in [6.07, 6.45) is 0.685. The molecular formula is C23H24N2O3S. The van der Waals surface area contributed by atoms with Gasteiger partial charge in [-0.3, -0.25) is 9.52 Å². The van der Waals surface area contributed by atoms with E-state index in [0.29, 0.717) is 17.8 Å². The van der Waals surface area contributed by atoms with E-state index >= 15 is 0 Å². The molecule has 150 valence electrons. The summed E-state index contributed by atoms with van der Waals surface area (Å²) in [5.41, 5.74) is 3.00. The van der Waals surface area contributed by atoms with Gasteiger partial charge in [-0.15, -0.1) is 0 Å². The number of anilines is 2. The predicted molar refractivity (Wildman–Crippen MR) is 117 cm³/mol. The Bertz CT molecular complexity index is 1060. The maximum absolute atomic E-state index is 12.6. The second-order valence-electron chi connectivity index (χ2n) is 6.86. The number of nitrogens with one attached hydrogen (secondary N) is 2. The van der Waals surface area contributed by atoms with Crippen LogP contribution in [-0.4, -0.2) is 14.3 Å². The number of sulfonamides is 1. The molecule has 3 aromatic carbocycles. The minimum Gasteiger partial charge on any atom is -0.326 e. The van der Waals surface area contributed by atoms with Crippen LogP contribution in [0.15, 0.2) is 83.8 Å². The third-order valence-corrected chi connectivity index (χ3v) is 6.06. The average molecular weight is 409 g/mol. The number of hydrogen-bond acceptors (Lipinski definition) is 3. The van der Waals surface area contributed by atoms with Crippen molar-refractivity contribution in [2.45, 2.75) is 31.1 Å². The van der Waals surface area contributed by atoms with E-state index in [1.54, 1.807) is 48.5 Å². The molecule has 0 heterocycles. The van der Waals surface area contributed by atoms with Crippen LogP contribution in [0.4, 0.5) is 11.4 Å². The molecule has 0 aliphatic rings. The molecule has 0 spiro atoms. The zero-order valence-corrected chi connectivity index (χ0v) is 17.2. The number of hydrogen-bond donors (Lipinski definition) is 2. The van der Waals surface area contributed by atoms with Crippen molar-refractivity contribution in [3.8, 4) is 0 Å². The summed E-state index contributed by atoms with van der Waals surface area (Å²) in [4.78, 5) is 12.9. The SMILES string of the molecule is CC[C@@H](C(=O)Nc1ccc(NS(=O)(=O)c2ccc(C)cc2)cc1)c1ccccc1. The second-order valence-corrected chi connectivity index (χ2v) is 8.54. The summed E-state index contributed by atoms with van der Waals surface area (Å²) in [7, 11) is -3.66. The lowest BCUT2D eigenvalue weighted by molar-refractivity contribution is -0.117. The molecular weight excluding hydrogens is 384 g/mol. The van der Waals surface area contributed by atoms with Gasteiger partial charge in [-0.25, -0.2) is 8.42 Å². The first-order valence-electron chi connectivity index (χ1n) is 9.44. The predicted octanol–water partition coefficient (Wildman–Crippen LogP) is 4.93. The van der Waals surface area contributed by atoms with Crippen LogP contribution in [0, 0.1) is 6.92 Å². The molecule has 0 unspecified atom stereocenters. The van der Waals surface area contributed by atoms with Crippen LogP contribution in [0.5, 0.6) is 0 Å². The van der Waals surface area contributed by atoms with E-state index in [1.165, 1.54) is 0 Å². The lowest BCUT2D eigenvalue weighted by Crippen LogP contribution is -2.20. The van der Waals surface area contributed by atoms with Crippen molar-refractivity contribution < 1.29 is 13.2 Å². The smallest absolute Gasteiger partial charge is 0.261 e. The van der Waals surface area contributed by atoms with Gasteiger partial charge in [-0.2, -0.15) is 0 Å². The Labute approximate surface area is 171 Å². The van der Waals surface area contributed by atoms with Crippen LogP contribution >= 0.6 is 0 Å². The van der Waals surface area contributed by atoms with Crippen LogP contribution in [0.2, 0.25) is 0 Å². The van der Waals surface area contributed by atoms with E-state index in [2.05, 4.69) is 10.0 Å². The summed E-state index contributed by atoms with van der Waals surface area (Å²) in [5.74, 6) is -0.331. The van der Waals surface area contributed by atoms with Gasteiger partial charge in [0.2, 0.25) is 5.91 Å². The Morgan fingerprint density at radius 2 is 1.45 bits per heavy atom. The quantitative estimate of drug-likeness (QED) is 0.582. The molecule has 0 bridgehead atoms. The number of rotatable bonds is 7. The molecule has 3 aromatic rings. The summed E-state index contributed by atoms with van der Waals surface area (Å²) < 4.78 is 27.5. The monoisotopic (exact) mass is 408 g/mol. The summed E-state index contributed by atoms with van der Waals surface area (Å²) in [6, 6.07) is 22.9. The molecule has 1 amide bonds. The summed E-state index contributed by atoms with van der Waals surface area (Å²) >= 11 is 0. The topological polar surface area (TPSA) is 75.3 Å². The van der Waals surface area contributed by atoms with Crippen molar-refractivity contribution in [1.82, 2.24) is 0 Å². The Kier molecular flexibility index (Phi) is 6.34. The van der Waals surface area contributed by atoms with Crippen LogP contribution < -0.4 is 10.0 Å². The molecule has 29 heavy (non-hydrogen) atoms. The van der Waals surface area contributed by atoms with E-state index in [4.69, 9.17) is 0 Å². The van der Waals surface area contributed by atoms with Gasteiger partial charge in [-0.05, 0) is 55.3 Å². The van der Waals surface area contributed by atoms with Crippen molar-refractivity contribution in [1.29, 1.82) is 0 Å². The van der Waals surface area contributed by atoms with Gasteiger partial charge in [0.05, 0.1) is 10.8 Å². The highest BCUT2D eigenvalue weighted by Gasteiger charge is 2.19. The van der Waals surface area contributed by atoms with Gasteiger partial charge < -0.3 is 5.32 Å². The van der Waals surface area contributed by atoms with Crippen LogP contribution in [0.3, 0.4) is 0 Å². The number of aryl methyl sites for hydroxylation is 1. The first kappa shape index (κ1) is 20.6. The van der Waals surface area contributed by atoms with Crippen LogP contribution in [0.1, 0.15) is 30.4 Å². The molecule has 0 aliphatic heterocycles. The van der Waals surface area contributed by atoms with Crippen molar-refractivity contribution >= 4 is 27.3 Å². The van der Waals surface area contributed by atoms with Crippen molar-refractivity contribution in [3.63, 3.8) is 0 Å². The maximum Gasteiger partial charge on any atom is 0.261 e. The van der Waals surface area contributed by atoms with Gasteiger partial charge in [0.1, 0.15) is 0 Å². The van der Waals surface area contributed by atoms with Gasteiger partial charge in [-0.1, -0.05) is 55.0 Å². The third kappa shape index (κ3) is 5.23. The highest BCUT2D eigenvalue weighted by atomic mass is 32.2. The molecule has 0 aliphatic carbocycles. The lowest BCUT2D eigenvalue weighted by Gasteiger charge is -2.16. The normalized spacial score (nSPS) is 12.2. The first-order valence-corrected chi connectivity index (χ1v) is 10.9. The second kappa shape index (κ2) is 8.92. The van der Waals surface area contributed by atoms with Crippen molar-refractivity contribution in [2.75, 3.05) is 10.0 Å². The lowest BCUT2D eigenvalue weighted by atomic mass is 9.95. The summed E-state index contributed by atoms with van der Waals surface area (Å²) in [5, 5.41) is 2.90. The molecule has 6 heteroatoms. The molecule has 1 atom stereocenters. The molecule has 0 fully saturated rings. The van der Waals surface area contributed by atoms with Gasteiger partial charge in [0.15, 0.2) is 0 Å².